The molecule has 0 spiro atoms. The smallest absolute Gasteiger partial charge is 0.165 e. The highest BCUT2D eigenvalue weighted by Gasteiger charge is 2.12. The average molecular weight is 260 g/mol. The molecule has 1 N–H and O–H groups in total. The van der Waals surface area contributed by atoms with Crippen molar-refractivity contribution in [3.63, 3.8) is 0 Å². The first-order valence-corrected chi connectivity index (χ1v) is 5.97. The van der Waals surface area contributed by atoms with E-state index in [0.717, 1.165) is 13.0 Å². The number of halogens is 2. The van der Waals surface area contributed by atoms with Crippen LogP contribution in [0, 0.1) is 5.82 Å². The van der Waals surface area contributed by atoms with E-state index in [-0.39, 0.29) is 18.2 Å². The summed E-state index contributed by atoms with van der Waals surface area (Å²) >= 11 is 0. The third kappa shape index (κ3) is 4.52. The summed E-state index contributed by atoms with van der Waals surface area (Å²) in [6.45, 7) is 1.68. The van der Waals surface area contributed by atoms with E-state index in [2.05, 4.69) is 5.32 Å². The fraction of sp³-hybridized carbons (Fsp3) is 0.538. The molecule has 1 unspecified atom stereocenters. The van der Waals surface area contributed by atoms with Gasteiger partial charge in [0.25, 0.3) is 0 Å². The minimum Gasteiger partial charge on any atom is -0.490 e. The summed E-state index contributed by atoms with van der Waals surface area (Å²) in [5, 5.41) is 3.45. The van der Waals surface area contributed by atoms with Gasteiger partial charge in [0.1, 0.15) is 0 Å². The van der Waals surface area contributed by atoms with Gasteiger partial charge in [-0.15, -0.1) is 12.4 Å². The zero-order valence-corrected chi connectivity index (χ0v) is 10.6. The first-order valence-electron chi connectivity index (χ1n) is 5.97. The van der Waals surface area contributed by atoms with Gasteiger partial charge < -0.3 is 10.1 Å². The molecule has 1 atom stereocenters. The number of benzene rings is 1. The molecule has 1 aliphatic heterocycles. The van der Waals surface area contributed by atoms with Crippen LogP contribution in [0.5, 0.6) is 5.75 Å². The maximum atomic E-state index is 13.2. The van der Waals surface area contributed by atoms with E-state index in [4.69, 9.17) is 4.74 Å². The van der Waals surface area contributed by atoms with Crippen molar-refractivity contribution in [2.45, 2.75) is 31.7 Å². The number of ether oxygens (including phenoxy) is 1. The highest BCUT2D eigenvalue weighted by Crippen LogP contribution is 2.16. The molecule has 0 radical (unpaired) electrons. The summed E-state index contributed by atoms with van der Waals surface area (Å²) in [7, 11) is 0. The molecule has 0 saturated carbocycles. The summed E-state index contributed by atoms with van der Waals surface area (Å²) in [6, 6.07) is 7.10. The van der Waals surface area contributed by atoms with Crippen LogP contribution >= 0.6 is 12.4 Å². The van der Waals surface area contributed by atoms with Crippen molar-refractivity contribution in [3.8, 4) is 5.75 Å². The number of hydrogen-bond donors (Lipinski definition) is 1. The van der Waals surface area contributed by atoms with Gasteiger partial charge in [-0.25, -0.2) is 4.39 Å². The van der Waals surface area contributed by atoms with Crippen LogP contribution in [0.4, 0.5) is 4.39 Å². The molecular weight excluding hydrogens is 241 g/mol. The minimum absolute atomic E-state index is 0. The van der Waals surface area contributed by atoms with Crippen LogP contribution in [-0.4, -0.2) is 19.2 Å². The van der Waals surface area contributed by atoms with E-state index in [1.54, 1.807) is 18.2 Å². The number of hydrogen-bond acceptors (Lipinski definition) is 2. The lowest BCUT2D eigenvalue weighted by Crippen LogP contribution is -2.35. The Kier molecular flexibility index (Phi) is 6.30. The molecular formula is C13H19ClFNO. The molecule has 1 heterocycles. The fourth-order valence-corrected chi connectivity index (χ4v) is 2.04. The Morgan fingerprint density at radius 1 is 1.29 bits per heavy atom. The molecule has 1 saturated heterocycles. The van der Waals surface area contributed by atoms with E-state index in [9.17, 15) is 4.39 Å². The number of para-hydroxylation sites is 1. The molecule has 2 rings (SSSR count). The lowest BCUT2D eigenvalue weighted by atomic mass is 10.0. The van der Waals surface area contributed by atoms with Crippen molar-refractivity contribution >= 4 is 12.4 Å². The maximum Gasteiger partial charge on any atom is 0.165 e. The molecule has 1 fully saturated rings. The molecule has 96 valence electrons. The van der Waals surface area contributed by atoms with Crippen LogP contribution < -0.4 is 10.1 Å². The van der Waals surface area contributed by atoms with Crippen LogP contribution in [0.15, 0.2) is 24.3 Å². The van der Waals surface area contributed by atoms with Gasteiger partial charge in [0.05, 0.1) is 6.61 Å². The van der Waals surface area contributed by atoms with Gasteiger partial charge >= 0.3 is 0 Å². The molecule has 1 aromatic carbocycles. The van der Waals surface area contributed by atoms with Crippen LogP contribution in [0.1, 0.15) is 25.7 Å². The molecule has 1 aliphatic rings. The van der Waals surface area contributed by atoms with Crippen LogP contribution in [-0.2, 0) is 0 Å². The quantitative estimate of drug-likeness (QED) is 0.897. The van der Waals surface area contributed by atoms with Gasteiger partial charge in [-0.05, 0) is 37.9 Å². The molecule has 2 nitrogen and oxygen atoms in total. The van der Waals surface area contributed by atoms with Crippen molar-refractivity contribution in [2.24, 2.45) is 0 Å². The summed E-state index contributed by atoms with van der Waals surface area (Å²) < 4.78 is 18.6. The SMILES string of the molecule is Cl.Fc1ccccc1OCCC1CCCCN1. The third-order valence-electron chi connectivity index (χ3n) is 2.97. The van der Waals surface area contributed by atoms with E-state index in [0.29, 0.717) is 18.4 Å². The predicted molar refractivity (Wildman–Crippen MR) is 69.4 cm³/mol. The van der Waals surface area contributed by atoms with Crippen LogP contribution in [0.3, 0.4) is 0 Å². The number of piperidine rings is 1. The van der Waals surface area contributed by atoms with Gasteiger partial charge in [0, 0.05) is 6.04 Å². The average Bonchev–Trinajstić information content (AvgIpc) is 2.33. The topological polar surface area (TPSA) is 21.3 Å². The third-order valence-corrected chi connectivity index (χ3v) is 2.97. The van der Waals surface area contributed by atoms with Crippen LogP contribution in [0.25, 0.3) is 0 Å². The Morgan fingerprint density at radius 3 is 2.82 bits per heavy atom. The van der Waals surface area contributed by atoms with Crippen molar-refractivity contribution in [3.05, 3.63) is 30.1 Å². The van der Waals surface area contributed by atoms with Crippen molar-refractivity contribution in [2.75, 3.05) is 13.2 Å². The highest BCUT2D eigenvalue weighted by atomic mass is 35.5. The van der Waals surface area contributed by atoms with E-state index < -0.39 is 0 Å². The lowest BCUT2D eigenvalue weighted by molar-refractivity contribution is 0.259. The summed E-state index contributed by atoms with van der Waals surface area (Å²) in [6.07, 6.45) is 4.72. The zero-order chi connectivity index (χ0) is 11.2. The standard InChI is InChI=1S/C13H18FNO.ClH/c14-12-6-1-2-7-13(12)16-10-8-11-5-3-4-9-15-11;/h1-2,6-7,11,15H,3-5,8-10H2;1H. The second-order valence-corrected chi connectivity index (χ2v) is 4.21. The maximum absolute atomic E-state index is 13.2. The van der Waals surface area contributed by atoms with Gasteiger partial charge in [-0.3, -0.25) is 0 Å². The second-order valence-electron chi connectivity index (χ2n) is 4.21. The molecule has 0 amide bonds. The first kappa shape index (κ1) is 14.3. The Labute approximate surface area is 108 Å². The molecule has 1 aromatic rings. The zero-order valence-electron chi connectivity index (χ0n) is 9.82. The van der Waals surface area contributed by atoms with Gasteiger partial charge in [0.2, 0.25) is 0 Å². The molecule has 17 heavy (non-hydrogen) atoms. The van der Waals surface area contributed by atoms with Gasteiger partial charge in [-0.2, -0.15) is 0 Å². The molecule has 0 aromatic heterocycles. The lowest BCUT2D eigenvalue weighted by Gasteiger charge is -2.23. The normalized spacial score (nSPS) is 19.5. The van der Waals surface area contributed by atoms with E-state index >= 15 is 0 Å². The van der Waals surface area contributed by atoms with E-state index in [1.807, 2.05) is 0 Å². The molecule has 0 aliphatic carbocycles. The van der Waals surface area contributed by atoms with Crippen molar-refractivity contribution < 1.29 is 9.13 Å². The Balaban J connectivity index is 0.00000144. The number of rotatable bonds is 4. The summed E-state index contributed by atoms with van der Waals surface area (Å²) in [4.78, 5) is 0. The first-order chi connectivity index (χ1) is 7.86. The highest BCUT2D eigenvalue weighted by molar-refractivity contribution is 5.85. The Morgan fingerprint density at radius 2 is 2.12 bits per heavy atom. The summed E-state index contributed by atoms with van der Waals surface area (Å²) in [5.41, 5.74) is 0. The van der Waals surface area contributed by atoms with Crippen molar-refractivity contribution in [1.82, 2.24) is 5.32 Å². The number of nitrogens with one attached hydrogen (secondary N) is 1. The molecule has 0 bridgehead atoms. The largest absolute Gasteiger partial charge is 0.490 e. The fourth-order valence-electron chi connectivity index (χ4n) is 2.04. The Bertz CT molecular complexity index is 329. The van der Waals surface area contributed by atoms with Gasteiger partial charge in [0.15, 0.2) is 11.6 Å². The monoisotopic (exact) mass is 259 g/mol. The molecule has 4 heteroatoms. The Hall–Kier alpha value is -0.800. The second kappa shape index (κ2) is 7.51. The minimum atomic E-state index is -0.279. The predicted octanol–water partition coefficient (Wildman–Crippen LogP) is 3.16. The van der Waals surface area contributed by atoms with Gasteiger partial charge in [-0.1, -0.05) is 18.6 Å². The van der Waals surface area contributed by atoms with E-state index in [1.165, 1.54) is 25.3 Å². The van der Waals surface area contributed by atoms with Crippen LogP contribution in [0.2, 0.25) is 0 Å². The summed E-state index contributed by atoms with van der Waals surface area (Å²) in [5.74, 6) is 0.0809. The van der Waals surface area contributed by atoms with Crippen molar-refractivity contribution in [1.29, 1.82) is 0 Å².